The largest absolute Gasteiger partial charge is 0.485 e. The third-order valence-electron chi connectivity index (χ3n) is 6.44. The highest BCUT2D eigenvalue weighted by Crippen LogP contribution is 2.37. The van der Waals surface area contributed by atoms with Crippen molar-refractivity contribution in [2.45, 2.75) is 87.8 Å². The van der Waals surface area contributed by atoms with Crippen LogP contribution in [-0.4, -0.2) is 74.8 Å². The molecule has 0 N–H and O–H groups in total. The predicted octanol–water partition coefficient (Wildman–Crippen LogP) is 8.38. The molecule has 2 aliphatic heterocycles. The van der Waals surface area contributed by atoms with Gasteiger partial charge in [0.25, 0.3) is 0 Å². The topological polar surface area (TPSA) is 89.5 Å². The molecule has 8 nitrogen and oxygen atoms in total. The van der Waals surface area contributed by atoms with Crippen molar-refractivity contribution in [1.82, 2.24) is 0 Å². The fourth-order valence-electron chi connectivity index (χ4n) is 3.96. The molecule has 2 aromatic rings. The van der Waals surface area contributed by atoms with Gasteiger partial charge >= 0.3 is 36.1 Å². The van der Waals surface area contributed by atoms with Crippen molar-refractivity contribution in [3.05, 3.63) is 21.5 Å². The van der Waals surface area contributed by atoms with Crippen molar-refractivity contribution in [2.75, 3.05) is 26.4 Å². The number of fused-ring (bicyclic) bond motifs is 2. The molecule has 272 valence electrons. The van der Waals surface area contributed by atoms with E-state index in [0.29, 0.717) is 23.0 Å². The highest BCUT2D eigenvalue weighted by atomic mass is 32.1. The third kappa shape index (κ3) is 13.4. The number of alkyl halides is 10. The van der Waals surface area contributed by atoms with E-state index in [2.05, 4.69) is 9.47 Å². The number of thiophene rings is 2. The van der Waals surface area contributed by atoms with Gasteiger partial charge in [-0.3, -0.25) is 0 Å². The summed E-state index contributed by atoms with van der Waals surface area (Å²) in [7, 11) is 0. The molecule has 0 aliphatic carbocycles. The van der Waals surface area contributed by atoms with E-state index in [0.717, 1.165) is 0 Å². The van der Waals surface area contributed by atoms with Gasteiger partial charge in [-0.1, -0.05) is 12.8 Å². The summed E-state index contributed by atoms with van der Waals surface area (Å²) in [5.41, 5.74) is 0. The van der Waals surface area contributed by atoms with Crippen LogP contribution in [0.2, 0.25) is 0 Å². The zero-order valence-electron chi connectivity index (χ0n) is 24.8. The van der Waals surface area contributed by atoms with Crippen LogP contribution in [0.25, 0.3) is 0 Å². The standard InChI is InChI=1S/C16H19F5O4S.C12H11F5O4S/c17-15(18,5-3-1-2-4-6-16(19,20)21)14(22)24-8-11-7-23-12-9-26-10-13(12)25-11;13-11(14,1-2-12(15,16)17)10(18)20-4-7-3-19-8-5-22-6-9(8)21-7/h9-11H,1-8H2;5-7H,1-4H2. The van der Waals surface area contributed by atoms with Crippen LogP contribution < -0.4 is 18.9 Å². The van der Waals surface area contributed by atoms with E-state index in [1.54, 1.807) is 21.5 Å². The molecule has 2 aliphatic rings. The second-order valence-electron chi connectivity index (χ2n) is 10.6. The molecule has 2 atom stereocenters. The maximum absolute atomic E-state index is 13.7. The van der Waals surface area contributed by atoms with Gasteiger partial charge < -0.3 is 28.4 Å². The number of carbonyl (C=O) groups is 2. The lowest BCUT2D eigenvalue weighted by Gasteiger charge is -2.25. The fourth-order valence-corrected chi connectivity index (χ4v) is 5.31. The van der Waals surface area contributed by atoms with E-state index in [9.17, 15) is 53.5 Å². The molecule has 4 heterocycles. The fraction of sp³-hybridized carbons (Fsp3) is 0.643. The van der Waals surface area contributed by atoms with Crippen molar-refractivity contribution in [2.24, 2.45) is 0 Å². The van der Waals surface area contributed by atoms with E-state index in [4.69, 9.17) is 18.9 Å². The Morgan fingerprint density at radius 1 is 0.583 bits per heavy atom. The highest BCUT2D eigenvalue weighted by molar-refractivity contribution is 7.08. The van der Waals surface area contributed by atoms with Crippen molar-refractivity contribution in [3.63, 3.8) is 0 Å². The zero-order chi connectivity index (χ0) is 35.6. The summed E-state index contributed by atoms with van der Waals surface area (Å²) in [6, 6.07) is 0. The Bertz CT molecular complexity index is 1310. The number of carbonyl (C=O) groups excluding carboxylic acids is 2. The van der Waals surface area contributed by atoms with Crippen LogP contribution in [0.15, 0.2) is 21.5 Å². The van der Waals surface area contributed by atoms with Gasteiger partial charge in [0.1, 0.15) is 26.4 Å². The number of unbranched alkanes of at least 4 members (excludes halogenated alkanes) is 3. The number of halogens is 10. The number of ether oxygens (including phenoxy) is 6. The normalized spacial score (nSPS) is 17.6. The molecule has 0 fully saturated rings. The van der Waals surface area contributed by atoms with Crippen LogP contribution in [0, 0.1) is 0 Å². The maximum atomic E-state index is 13.7. The van der Waals surface area contributed by atoms with Crippen LogP contribution >= 0.6 is 22.7 Å². The van der Waals surface area contributed by atoms with Crippen LogP contribution in [0.1, 0.15) is 51.4 Å². The average Bonchev–Trinajstić information content (AvgIpc) is 3.68. The lowest BCUT2D eigenvalue weighted by molar-refractivity contribution is -0.184. The van der Waals surface area contributed by atoms with Crippen LogP contribution in [0.3, 0.4) is 0 Å². The Balaban J connectivity index is 0.000000264. The summed E-state index contributed by atoms with van der Waals surface area (Å²) < 4.78 is 156. The average molecular weight is 749 g/mol. The lowest BCUT2D eigenvalue weighted by atomic mass is 10.1. The Morgan fingerprint density at radius 2 is 0.979 bits per heavy atom. The number of rotatable bonds is 14. The minimum atomic E-state index is -4.76. The molecular formula is C28H30F10O8S2. The van der Waals surface area contributed by atoms with E-state index >= 15 is 0 Å². The molecule has 0 saturated heterocycles. The summed E-state index contributed by atoms with van der Waals surface area (Å²) in [6.45, 7) is -0.821. The Morgan fingerprint density at radius 3 is 1.42 bits per heavy atom. The molecule has 0 radical (unpaired) electrons. The lowest BCUT2D eigenvalue weighted by Crippen LogP contribution is -2.38. The number of esters is 2. The van der Waals surface area contributed by atoms with Crippen LogP contribution in [0.4, 0.5) is 43.9 Å². The van der Waals surface area contributed by atoms with Crippen molar-refractivity contribution in [3.8, 4) is 23.0 Å². The first-order valence-electron chi connectivity index (χ1n) is 14.3. The van der Waals surface area contributed by atoms with Crippen LogP contribution in [-0.2, 0) is 19.1 Å². The van der Waals surface area contributed by atoms with Crippen LogP contribution in [0.5, 0.6) is 23.0 Å². The second-order valence-corrected chi connectivity index (χ2v) is 12.0. The monoisotopic (exact) mass is 748 g/mol. The highest BCUT2D eigenvalue weighted by Gasteiger charge is 2.45. The first-order chi connectivity index (χ1) is 22.3. The van der Waals surface area contributed by atoms with E-state index in [-0.39, 0.29) is 45.5 Å². The molecule has 0 saturated carbocycles. The first-order valence-corrected chi connectivity index (χ1v) is 16.2. The van der Waals surface area contributed by atoms with Crippen molar-refractivity contribution in [1.29, 1.82) is 0 Å². The molecule has 0 amide bonds. The van der Waals surface area contributed by atoms with E-state index in [1.807, 2.05) is 0 Å². The zero-order valence-corrected chi connectivity index (χ0v) is 26.4. The van der Waals surface area contributed by atoms with Crippen molar-refractivity contribution < 1.29 is 81.9 Å². The van der Waals surface area contributed by atoms with Crippen molar-refractivity contribution >= 4 is 34.6 Å². The third-order valence-corrected chi connectivity index (χ3v) is 7.84. The van der Waals surface area contributed by atoms with Gasteiger partial charge in [-0.15, -0.1) is 22.7 Å². The molecule has 2 unspecified atom stereocenters. The van der Waals surface area contributed by atoms with Gasteiger partial charge in [0, 0.05) is 47.2 Å². The summed E-state index contributed by atoms with van der Waals surface area (Å²) >= 11 is 2.67. The summed E-state index contributed by atoms with van der Waals surface area (Å²) in [4.78, 5) is 22.7. The van der Waals surface area contributed by atoms with E-state index in [1.165, 1.54) is 22.7 Å². The smallest absolute Gasteiger partial charge is 0.389 e. The predicted molar refractivity (Wildman–Crippen MR) is 149 cm³/mol. The number of hydrogen-bond donors (Lipinski definition) is 0. The Hall–Kier alpha value is -3.16. The van der Waals surface area contributed by atoms with Gasteiger partial charge in [-0.2, -0.15) is 43.9 Å². The van der Waals surface area contributed by atoms with Gasteiger partial charge in [-0.25, -0.2) is 9.59 Å². The second kappa shape index (κ2) is 17.0. The molecule has 2 aromatic heterocycles. The SMILES string of the molecule is O=C(OCC1COc2cscc2O1)C(F)(F)CCC(F)(F)F.O=C(OCC1COc2cscc2O1)C(F)(F)CCCCCCC(F)(F)F. The number of hydrogen-bond acceptors (Lipinski definition) is 10. The summed E-state index contributed by atoms with van der Waals surface area (Å²) in [6.07, 6.45) is -15.3. The minimum Gasteiger partial charge on any atom is -0.485 e. The summed E-state index contributed by atoms with van der Waals surface area (Å²) in [5, 5.41) is 6.74. The van der Waals surface area contributed by atoms with Gasteiger partial charge in [0.2, 0.25) is 0 Å². The van der Waals surface area contributed by atoms with Gasteiger partial charge in [0.15, 0.2) is 35.2 Å². The summed E-state index contributed by atoms with van der Waals surface area (Å²) in [5.74, 6) is -9.58. The molecule has 0 aromatic carbocycles. The quantitative estimate of drug-likeness (QED) is 0.108. The molecule has 48 heavy (non-hydrogen) atoms. The molecule has 4 rings (SSSR count). The van der Waals surface area contributed by atoms with Gasteiger partial charge in [-0.05, 0) is 12.8 Å². The minimum absolute atomic E-state index is 0.00879. The Labute approximate surface area is 275 Å². The molecule has 0 spiro atoms. The van der Waals surface area contributed by atoms with Gasteiger partial charge in [0.05, 0.1) is 0 Å². The molecular weight excluding hydrogens is 718 g/mol. The maximum Gasteiger partial charge on any atom is 0.389 e. The first kappa shape index (κ1) is 39.3. The molecule has 0 bridgehead atoms. The van der Waals surface area contributed by atoms with E-state index < -0.39 is 80.6 Å². The molecule has 20 heteroatoms. The Kier molecular flexibility index (Phi) is 13.9.